The number of nitrogens with one attached hydrogen (secondary N) is 1. The van der Waals surface area contributed by atoms with Crippen LogP contribution in [0.5, 0.6) is 0 Å². The van der Waals surface area contributed by atoms with Crippen LogP contribution in [0.15, 0.2) is 35.5 Å². The molecule has 0 radical (unpaired) electrons. The van der Waals surface area contributed by atoms with E-state index in [4.69, 9.17) is 4.74 Å². The van der Waals surface area contributed by atoms with Gasteiger partial charge in [-0.25, -0.2) is 14.8 Å². The van der Waals surface area contributed by atoms with Gasteiger partial charge in [-0.2, -0.15) is 0 Å². The lowest BCUT2D eigenvalue weighted by molar-refractivity contribution is 0.0601. The van der Waals surface area contributed by atoms with E-state index in [-0.39, 0.29) is 5.97 Å². The van der Waals surface area contributed by atoms with E-state index >= 15 is 0 Å². The second kappa shape index (κ2) is 8.37. The normalized spacial score (nSPS) is 15.0. The van der Waals surface area contributed by atoms with E-state index in [0.29, 0.717) is 5.56 Å². The van der Waals surface area contributed by atoms with Crippen molar-refractivity contribution in [3.8, 4) is 0 Å². The van der Waals surface area contributed by atoms with Crippen molar-refractivity contribution >= 4 is 35.1 Å². The number of carbonyl (C=O) groups is 1. The quantitative estimate of drug-likeness (QED) is 0.487. The zero-order valence-corrected chi connectivity index (χ0v) is 16.0. The maximum absolute atomic E-state index is 11.5. The molecule has 0 saturated carbocycles. The highest BCUT2D eigenvalue weighted by molar-refractivity contribution is 7.98. The Morgan fingerprint density at radius 1 is 1.15 bits per heavy atom. The fraction of sp³-hybridized carbons (Fsp3) is 0.389. The van der Waals surface area contributed by atoms with Crippen molar-refractivity contribution in [1.29, 1.82) is 0 Å². The SMILES string of the molecule is COC(=O)c1ccc(Nc2cc(N3CCN(C)CC3)nc(SC)n2)cc1. The van der Waals surface area contributed by atoms with Gasteiger partial charge in [-0.05, 0) is 37.6 Å². The Morgan fingerprint density at radius 2 is 1.85 bits per heavy atom. The molecule has 0 atom stereocenters. The number of benzene rings is 1. The molecule has 1 aromatic carbocycles. The summed E-state index contributed by atoms with van der Waals surface area (Å²) in [6.07, 6.45) is 1.97. The van der Waals surface area contributed by atoms with Crippen LogP contribution in [0.4, 0.5) is 17.3 Å². The number of ether oxygens (including phenoxy) is 1. The van der Waals surface area contributed by atoms with Gasteiger partial charge in [0.2, 0.25) is 0 Å². The summed E-state index contributed by atoms with van der Waals surface area (Å²) in [6.45, 7) is 3.95. The van der Waals surface area contributed by atoms with Crippen LogP contribution in [-0.4, -0.2) is 67.4 Å². The molecule has 1 aliphatic rings. The van der Waals surface area contributed by atoms with Crippen molar-refractivity contribution in [3.63, 3.8) is 0 Å². The topological polar surface area (TPSA) is 70.6 Å². The number of esters is 1. The first-order valence-electron chi connectivity index (χ1n) is 8.41. The molecule has 0 spiro atoms. The van der Waals surface area contributed by atoms with Gasteiger partial charge in [-0.15, -0.1) is 0 Å². The number of nitrogens with zero attached hydrogens (tertiary/aromatic N) is 4. The van der Waals surface area contributed by atoms with Gasteiger partial charge >= 0.3 is 5.97 Å². The third kappa shape index (κ3) is 4.44. The Labute approximate surface area is 157 Å². The van der Waals surface area contributed by atoms with E-state index in [1.54, 1.807) is 12.1 Å². The van der Waals surface area contributed by atoms with Crippen LogP contribution in [0.3, 0.4) is 0 Å². The van der Waals surface area contributed by atoms with Gasteiger partial charge in [0.05, 0.1) is 12.7 Å². The van der Waals surface area contributed by atoms with Gasteiger partial charge in [-0.3, -0.25) is 0 Å². The van der Waals surface area contributed by atoms with Crippen molar-refractivity contribution < 1.29 is 9.53 Å². The summed E-state index contributed by atoms with van der Waals surface area (Å²) in [7, 11) is 3.51. The van der Waals surface area contributed by atoms with Crippen molar-refractivity contribution in [3.05, 3.63) is 35.9 Å². The lowest BCUT2D eigenvalue weighted by Gasteiger charge is -2.33. The number of thioether (sulfide) groups is 1. The monoisotopic (exact) mass is 373 g/mol. The Bertz CT molecular complexity index is 761. The summed E-state index contributed by atoms with van der Waals surface area (Å²) < 4.78 is 4.72. The third-order valence-corrected chi connectivity index (χ3v) is 4.83. The molecule has 26 heavy (non-hydrogen) atoms. The molecule has 138 valence electrons. The number of likely N-dealkylation sites (N-methyl/N-ethyl adjacent to an activating group) is 1. The summed E-state index contributed by atoms with van der Waals surface area (Å²) in [5.41, 5.74) is 1.37. The maximum Gasteiger partial charge on any atom is 0.337 e. The molecule has 1 aliphatic heterocycles. The Hall–Kier alpha value is -2.32. The smallest absolute Gasteiger partial charge is 0.337 e. The van der Waals surface area contributed by atoms with Crippen LogP contribution in [-0.2, 0) is 4.74 Å². The molecular weight excluding hydrogens is 350 g/mol. The molecule has 8 heteroatoms. The molecule has 1 aromatic heterocycles. The highest BCUT2D eigenvalue weighted by Crippen LogP contribution is 2.24. The molecule has 0 bridgehead atoms. The highest BCUT2D eigenvalue weighted by Gasteiger charge is 2.17. The molecule has 2 aromatic rings. The molecule has 0 amide bonds. The minimum atomic E-state index is -0.347. The van der Waals surface area contributed by atoms with Gasteiger partial charge in [0.25, 0.3) is 0 Å². The van der Waals surface area contributed by atoms with Gasteiger partial charge in [-0.1, -0.05) is 11.8 Å². The second-order valence-electron chi connectivity index (χ2n) is 6.08. The molecule has 1 N–H and O–H groups in total. The maximum atomic E-state index is 11.5. The number of hydrogen-bond acceptors (Lipinski definition) is 8. The number of carbonyl (C=O) groups excluding carboxylic acids is 1. The third-order valence-electron chi connectivity index (χ3n) is 4.28. The van der Waals surface area contributed by atoms with Crippen LogP contribution < -0.4 is 10.2 Å². The van der Waals surface area contributed by atoms with Gasteiger partial charge in [0.1, 0.15) is 11.6 Å². The standard InChI is InChI=1S/C18H23N5O2S/c1-22-8-10-23(11-9-22)16-12-15(20-18(21-16)26-3)19-14-6-4-13(5-7-14)17(24)25-2/h4-7,12H,8-11H2,1-3H3,(H,19,20,21). The zero-order chi connectivity index (χ0) is 18.5. The zero-order valence-electron chi connectivity index (χ0n) is 15.2. The molecule has 0 unspecified atom stereocenters. The molecule has 0 aliphatic carbocycles. The molecule has 7 nitrogen and oxygen atoms in total. The average molecular weight is 373 g/mol. The summed E-state index contributed by atoms with van der Waals surface area (Å²) in [5.74, 6) is 1.33. The predicted octanol–water partition coefficient (Wildman–Crippen LogP) is 2.48. The summed E-state index contributed by atoms with van der Waals surface area (Å²) in [5, 5.41) is 4.03. The summed E-state index contributed by atoms with van der Waals surface area (Å²) >= 11 is 1.52. The van der Waals surface area contributed by atoms with Crippen LogP contribution >= 0.6 is 11.8 Å². The average Bonchev–Trinajstić information content (AvgIpc) is 2.68. The van der Waals surface area contributed by atoms with E-state index in [1.165, 1.54) is 18.9 Å². The first-order chi connectivity index (χ1) is 12.6. The van der Waals surface area contributed by atoms with Crippen molar-refractivity contribution in [2.75, 3.05) is 56.8 Å². The predicted molar refractivity (Wildman–Crippen MR) is 105 cm³/mol. The summed E-state index contributed by atoms with van der Waals surface area (Å²) in [4.78, 5) is 25.3. The number of anilines is 3. The minimum absolute atomic E-state index is 0.347. The molecule has 2 heterocycles. The fourth-order valence-electron chi connectivity index (χ4n) is 2.72. The van der Waals surface area contributed by atoms with E-state index in [1.807, 2.05) is 24.5 Å². The number of rotatable bonds is 5. The Kier molecular flexibility index (Phi) is 5.95. The highest BCUT2D eigenvalue weighted by atomic mass is 32.2. The van der Waals surface area contributed by atoms with E-state index in [2.05, 4.69) is 32.1 Å². The first-order valence-corrected chi connectivity index (χ1v) is 9.63. The van der Waals surface area contributed by atoms with Crippen LogP contribution in [0.1, 0.15) is 10.4 Å². The summed E-state index contributed by atoms with van der Waals surface area (Å²) in [6, 6.07) is 9.10. The van der Waals surface area contributed by atoms with Crippen molar-refractivity contribution in [2.45, 2.75) is 5.16 Å². The van der Waals surface area contributed by atoms with Gasteiger partial charge in [0.15, 0.2) is 5.16 Å². The van der Waals surface area contributed by atoms with Gasteiger partial charge in [0, 0.05) is 37.9 Å². The second-order valence-corrected chi connectivity index (χ2v) is 6.86. The fourth-order valence-corrected chi connectivity index (χ4v) is 3.10. The molecular formula is C18H23N5O2S. The van der Waals surface area contributed by atoms with E-state index in [0.717, 1.165) is 48.7 Å². The number of piperazine rings is 1. The molecule has 1 fully saturated rings. The van der Waals surface area contributed by atoms with Crippen molar-refractivity contribution in [2.24, 2.45) is 0 Å². The van der Waals surface area contributed by atoms with E-state index < -0.39 is 0 Å². The van der Waals surface area contributed by atoms with Crippen LogP contribution in [0, 0.1) is 0 Å². The number of hydrogen-bond donors (Lipinski definition) is 1. The number of aromatic nitrogens is 2. The molecule has 3 rings (SSSR count). The lowest BCUT2D eigenvalue weighted by Crippen LogP contribution is -2.44. The molecule has 1 saturated heterocycles. The van der Waals surface area contributed by atoms with Gasteiger partial charge < -0.3 is 19.9 Å². The van der Waals surface area contributed by atoms with Crippen LogP contribution in [0.25, 0.3) is 0 Å². The Morgan fingerprint density at radius 3 is 2.46 bits per heavy atom. The number of methoxy groups -OCH3 is 1. The van der Waals surface area contributed by atoms with Crippen molar-refractivity contribution in [1.82, 2.24) is 14.9 Å². The van der Waals surface area contributed by atoms with E-state index in [9.17, 15) is 4.79 Å². The first kappa shape index (κ1) is 18.5. The Balaban J connectivity index is 1.78. The largest absolute Gasteiger partial charge is 0.465 e. The van der Waals surface area contributed by atoms with Crippen LogP contribution in [0.2, 0.25) is 0 Å². The lowest BCUT2D eigenvalue weighted by atomic mass is 10.2. The minimum Gasteiger partial charge on any atom is -0.465 e.